The Bertz CT molecular complexity index is 932. The van der Waals surface area contributed by atoms with Gasteiger partial charge in [-0.1, -0.05) is 24.3 Å². The summed E-state index contributed by atoms with van der Waals surface area (Å²) in [5.41, 5.74) is 9.50. The van der Waals surface area contributed by atoms with Crippen molar-refractivity contribution in [3.05, 3.63) is 65.4 Å². The number of rotatable bonds is 6. The van der Waals surface area contributed by atoms with Crippen LogP contribution in [0.3, 0.4) is 0 Å². The molecule has 3 aromatic rings. The predicted octanol–water partition coefficient (Wildman–Crippen LogP) is 2.79. The third-order valence-electron chi connectivity index (χ3n) is 5.02. The summed E-state index contributed by atoms with van der Waals surface area (Å²) in [5.74, 6) is 0.378. The van der Waals surface area contributed by atoms with Gasteiger partial charge in [-0.05, 0) is 49.6 Å². The molecule has 0 fully saturated rings. The second-order valence-corrected chi connectivity index (χ2v) is 6.78. The first-order valence-corrected chi connectivity index (χ1v) is 9.05. The van der Waals surface area contributed by atoms with Crippen LogP contribution in [0, 0.1) is 0 Å². The molecule has 2 heterocycles. The van der Waals surface area contributed by atoms with Gasteiger partial charge >= 0.3 is 0 Å². The summed E-state index contributed by atoms with van der Waals surface area (Å²) < 4.78 is 5.81. The number of H-pyrrole nitrogens is 1. The number of benzene rings is 2. The first kappa shape index (κ1) is 16.7. The molecule has 26 heavy (non-hydrogen) atoms. The highest BCUT2D eigenvalue weighted by Gasteiger charge is 2.23. The molecule has 0 saturated heterocycles. The summed E-state index contributed by atoms with van der Waals surface area (Å²) in [6.45, 7) is 1.52. The molecular formula is C21H23N3O2. The molecule has 0 saturated carbocycles. The second-order valence-electron chi connectivity index (χ2n) is 6.78. The van der Waals surface area contributed by atoms with Gasteiger partial charge in [-0.2, -0.15) is 0 Å². The SMILES string of the molecule is NC(=O)c1cccc2c1CC(NCCCc1c[nH]c3ccccc13)CO2. The highest BCUT2D eigenvalue weighted by molar-refractivity contribution is 5.95. The van der Waals surface area contributed by atoms with Gasteiger partial charge in [0.05, 0.1) is 0 Å². The number of aromatic nitrogens is 1. The van der Waals surface area contributed by atoms with E-state index in [9.17, 15) is 4.79 Å². The van der Waals surface area contributed by atoms with Crippen LogP contribution in [0.15, 0.2) is 48.7 Å². The molecule has 4 rings (SSSR count). The third-order valence-corrected chi connectivity index (χ3v) is 5.02. The van der Waals surface area contributed by atoms with Gasteiger partial charge in [0, 0.05) is 34.3 Å². The van der Waals surface area contributed by atoms with E-state index >= 15 is 0 Å². The number of aryl methyl sites for hydroxylation is 1. The van der Waals surface area contributed by atoms with E-state index in [1.165, 1.54) is 16.5 Å². The molecule has 0 bridgehead atoms. The summed E-state index contributed by atoms with van der Waals surface area (Å²) in [6.07, 6.45) is 4.93. The van der Waals surface area contributed by atoms with Crippen LogP contribution in [0.25, 0.3) is 10.9 Å². The van der Waals surface area contributed by atoms with Crippen molar-refractivity contribution in [1.29, 1.82) is 0 Å². The molecular weight excluding hydrogens is 326 g/mol. The van der Waals surface area contributed by atoms with Crippen LogP contribution in [0.4, 0.5) is 0 Å². The average Bonchev–Trinajstić information content (AvgIpc) is 3.07. The Morgan fingerprint density at radius 3 is 3.00 bits per heavy atom. The van der Waals surface area contributed by atoms with E-state index in [1.54, 1.807) is 6.07 Å². The Hall–Kier alpha value is -2.79. The maximum absolute atomic E-state index is 11.6. The van der Waals surface area contributed by atoms with Crippen LogP contribution in [0.2, 0.25) is 0 Å². The molecule has 134 valence electrons. The Labute approximate surface area is 152 Å². The van der Waals surface area contributed by atoms with Crippen molar-refractivity contribution in [3.8, 4) is 5.75 Å². The number of carbonyl (C=O) groups excluding carboxylic acids is 1. The van der Waals surface area contributed by atoms with E-state index in [-0.39, 0.29) is 6.04 Å². The molecule has 5 heteroatoms. The van der Waals surface area contributed by atoms with Gasteiger partial charge in [-0.15, -0.1) is 0 Å². The quantitative estimate of drug-likeness (QED) is 0.599. The topological polar surface area (TPSA) is 80.1 Å². The molecule has 1 aliphatic heterocycles. The van der Waals surface area contributed by atoms with Crippen LogP contribution in [-0.4, -0.2) is 30.1 Å². The minimum Gasteiger partial charge on any atom is -0.492 e. The zero-order chi connectivity index (χ0) is 17.9. The molecule has 1 aromatic heterocycles. The normalized spacial score (nSPS) is 16.2. The summed E-state index contributed by atoms with van der Waals surface area (Å²) >= 11 is 0. The fourth-order valence-electron chi connectivity index (χ4n) is 3.69. The minimum absolute atomic E-state index is 0.200. The zero-order valence-electron chi connectivity index (χ0n) is 14.6. The number of amides is 1. The number of hydrogen-bond acceptors (Lipinski definition) is 3. The van der Waals surface area contributed by atoms with E-state index in [0.29, 0.717) is 12.2 Å². The molecule has 1 aliphatic rings. The molecule has 2 aromatic carbocycles. The minimum atomic E-state index is -0.398. The smallest absolute Gasteiger partial charge is 0.249 e. The number of nitrogens with two attached hydrogens (primary N) is 1. The van der Waals surface area contributed by atoms with Crippen molar-refractivity contribution in [2.45, 2.75) is 25.3 Å². The largest absolute Gasteiger partial charge is 0.492 e. The lowest BCUT2D eigenvalue weighted by atomic mass is 9.96. The Morgan fingerprint density at radius 1 is 1.23 bits per heavy atom. The summed E-state index contributed by atoms with van der Waals surface area (Å²) in [4.78, 5) is 14.9. The van der Waals surface area contributed by atoms with Gasteiger partial charge in [0.15, 0.2) is 0 Å². The van der Waals surface area contributed by atoms with Crippen molar-refractivity contribution in [1.82, 2.24) is 10.3 Å². The molecule has 5 nitrogen and oxygen atoms in total. The fraction of sp³-hybridized carbons (Fsp3) is 0.286. The summed E-state index contributed by atoms with van der Waals surface area (Å²) in [7, 11) is 0. The van der Waals surface area contributed by atoms with Crippen LogP contribution in [-0.2, 0) is 12.8 Å². The highest BCUT2D eigenvalue weighted by Crippen LogP contribution is 2.27. The molecule has 1 unspecified atom stereocenters. The Balaban J connectivity index is 1.33. The van der Waals surface area contributed by atoms with Gasteiger partial charge < -0.3 is 20.8 Å². The van der Waals surface area contributed by atoms with Crippen molar-refractivity contribution in [2.75, 3.05) is 13.2 Å². The van der Waals surface area contributed by atoms with Crippen LogP contribution >= 0.6 is 0 Å². The highest BCUT2D eigenvalue weighted by atomic mass is 16.5. The Kier molecular flexibility index (Phi) is 4.63. The monoisotopic (exact) mass is 349 g/mol. The summed E-state index contributed by atoms with van der Waals surface area (Å²) in [6, 6.07) is 14.1. The predicted molar refractivity (Wildman–Crippen MR) is 103 cm³/mol. The number of ether oxygens (including phenoxy) is 1. The van der Waals surface area contributed by atoms with Crippen LogP contribution in [0.5, 0.6) is 5.75 Å². The third kappa shape index (κ3) is 3.30. The molecule has 0 radical (unpaired) electrons. The number of primary amides is 1. The molecule has 0 aliphatic carbocycles. The number of carbonyl (C=O) groups is 1. The standard InChI is InChI=1S/C21H23N3O2/c22-21(25)17-7-3-9-20-18(17)11-15(13-26-20)23-10-4-5-14-12-24-19-8-2-1-6-16(14)19/h1-3,6-9,12,15,23-24H,4-5,10-11,13H2,(H2,22,25). The van der Waals surface area contributed by atoms with Gasteiger partial charge in [0.1, 0.15) is 12.4 Å². The molecule has 1 atom stereocenters. The number of aromatic amines is 1. The first-order chi connectivity index (χ1) is 12.7. The second kappa shape index (κ2) is 7.22. The lowest BCUT2D eigenvalue weighted by Crippen LogP contribution is -2.40. The maximum Gasteiger partial charge on any atom is 0.249 e. The van der Waals surface area contributed by atoms with Crippen molar-refractivity contribution in [2.24, 2.45) is 5.73 Å². The van der Waals surface area contributed by atoms with Gasteiger partial charge in [0.2, 0.25) is 5.91 Å². The van der Waals surface area contributed by atoms with Crippen LogP contribution < -0.4 is 15.8 Å². The van der Waals surface area contributed by atoms with E-state index in [1.807, 2.05) is 18.2 Å². The van der Waals surface area contributed by atoms with Crippen molar-refractivity contribution < 1.29 is 9.53 Å². The summed E-state index contributed by atoms with van der Waals surface area (Å²) in [5, 5.41) is 4.85. The van der Waals surface area contributed by atoms with Crippen LogP contribution in [0.1, 0.15) is 27.9 Å². The molecule has 4 N–H and O–H groups in total. The van der Waals surface area contributed by atoms with Gasteiger partial charge in [0.25, 0.3) is 0 Å². The van der Waals surface area contributed by atoms with Crippen molar-refractivity contribution in [3.63, 3.8) is 0 Å². The number of fused-ring (bicyclic) bond motifs is 2. The lowest BCUT2D eigenvalue weighted by molar-refractivity contribution is 0.0997. The number of nitrogens with one attached hydrogen (secondary N) is 2. The van der Waals surface area contributed by atoms with E-state index in [2.05, 4.69) is 34.7 Å². The molecule has 1 amide bonds. The Morgan fingerprint density at radius 2 is 2.12 bits per heavy atom. The van der Waals surface area contributed by atoms with E-state index in [0.717, 1.165) is 37.1 Å². The van der Waals surface area contributed by atoms with Crippen molar-refractivity contribution >= 4 is 16.8 Å². The molecule has 0 spiro atoms. The average molecular weight is 349 g/mol. The van der Waals surface area contributed by atoms with Gasteiger partial charge in [-0.3, -0.25) is 4.79 Å². The maximum atomic E-state index is 11.6. The first-order valence-electron chi connectivity index (χ1n) is 9.05. The van der Waals surface area contributed by atoms with E-state index < -0.39 is 5.91 Å². The fourth-order valence-corrected chi connectivity index (χ4v) is 3.69. The lowest BCUT2D eigenvalue weighted by Gasteiger charge is -2.27. The zero-order valence-corrected chi connectivity index (χ0v) is 14.6. The number of para-hydroxylation sites is 1. The van der Waals surface area contributed by atoms with Gasteiger partial charge in [-0.25, -0.2) is 0 Å². The number of hydrogen-bond donors (Lipinski definition) is 3. The van der Waals surface area contributed by atoms with E-state index in [4.69, 9.17) is 10.5 Å².